The molecule has 0 spiro atoms. The maximum atomic E-state index is 13.0. The minimum Gasteiger partial charge on any atom is -0.454 e. The van der Waals surface area contributed by atoms with Crippen LogP contribution in [0.25, 0.3) is 0 Å². The largest absolute Gasteiger partial charge is 0.454 e. The molecule has 3 aromatic rings. The van der Waals surface area contributed by atoms with Gasteiger partial charge in [0.1, 0.15) is 6.04 Å². The van der Waals surface area contributed by atoms with Crippen molar-refractivity contribution in [2.24, 2.45) is 5.10 Å². The van der Waals surface area contributed by atoms with Crippen LogP contribution in [0.1, 0.15) is 16.7 Å². The average Bonchev–Trinajstić information content (AvgIpc) is 3.26. The monoisotopic (exact) mass is 591 g/mol. The molecule has 176 valence electrons. The zero-order valence-electron chi connectivity index (χ0n) is 18.2. The zero-order valence-corrected chi connectivity index (χ0v) is 21.2. The van der Waals surface area contributed by atoms with Gasteiger partial charge in [0.2, 0.25) is 16.8 Å². The molecule has 8 nitrogen and oxygen atoms in total. The number of hydrazone groups is 1. The predicted octanol–water partition coefficient (Wildman–Crippen LogP) is 3.37. The van der Waals surface area contributed by atoms with Crippen LogP contribution in [-0.4, -0.2) is 33.4 Å². The van der Waals surface area contributed by atoms with Gasteiger partial charge in [-0.3, -0.25) is 4.79 Å². The van der Waals surface area contributed by atoms with Crippen LogP contribution in [0.2, 0.25) is 0 Å². The minimum absolute atomic E-state index is 0.0817. The van der Waals surface area contributed by atoms with Gasteiger partial charge in [0, 0.05) is 9.13 Å². The zero-order chi connectivity index (χ0) is 24.1. The second kappa shape index (κ2) is 10.5. The van der Waals surface area contributed by atoms with Crippen molar-refractivity contribution in [3.05, 3.63) is 87.0 Å². The lowest BCUT2D eigenvalue weighted by atomic mass is 10.1. The molecule has 0 saturated heterocycles. The quantitative estimate of drug-likeness (QED) is 0.238. The van der Waals surface area contributed by atoms with Gasteiger partial charge in [0.05, 0.1) is 11.1 Å². The number of ether oxygens (including phenoxy) is 2. The fraction of sp³-hybridized carbons (Fsp3) is 0.167. The highest BCUT2D eigenvalue weighted by atomic mass is 127. The lowest BCUT2D eigenvalue weighted by Crippen LogP contribution is -2.46. The molecule has 4 rings (SSSR count). The van der Waals surface area contributed by atoms with E-state index in [1.807, 2.05) is 43.3 Å². The van der Waals surface area contributed by atoms with Gasteiger partial charge in [-0.1, -0.05) is 30.3 Å². The van der Waals surface area contributed by atoms with E-state index in [0.29, 0.717) is 11.5 Å². The maximum absolute atomic E-state index is 13.0. The van der Waals surface area contributed by atoms with E-state index in [1.54, 1.807) is 18.2 Å². The number of halogens is 1. The Balaban J connectivity index is 1.52. The molecule has 10 heteroatoms. The number of hydrogen-bond donors (Lipinski definition) is 2. The topological polar surface area (TPSA) is 106 Å². The van der Waals surface area contributed by atoms with Crippen molar-refractivity contribution in [3.8, 4) is 11.5 Å². The molecular weight excluding hydrogens is 569 g/mol. The van der Waals surface area contributed by atoms with Crippen LogP contribution in [0.4, 0.5) is 0 Å². The number of nitrogens with one attached hydrogen (secondary N) is 2. The third-order valence-electron chi connectivity index (χ3n) is 5.16. The van der Waals surface area contributed by atoms with Crippen molar-refractivity contribution in [2.75, 3.05) is 6.79 Å². The summed E-state index contributed by atoms with van der Waals surface area (Å²) in [6.45, 7) is 2.05. The fourth-order valence-electron chi connectivity index (χ4n) is 3.35. The summed E-state index contributed by atoms with van der Waals surface area (Å²) >= 11 is 2.10. The first-order valence-corrected chi connectivity index (χ1v) is 12.9. The molecule has 1 aliphatic rings. The number of rotatable bonds is 8. The van der Waals surface area contributed by atoms with Crippen molar-refractivity contribution in [2.45, 2.75) is 24.3 Å². The van der Waals surface area contributed by atoms with Crippen molar-refractivity contribution >= 4 is 44.7 Å². The average molecular weight is 591 g/mol. The van der Waals surface area contributed by atoms with Crippen LogP contribution in [0.15, 0.2) is 76.7 Å². The Morgan fingerprint density at radius 1 is 1.09 bits per heavy atom. The Bertz CT molecular complexity index is 1310. The van der Waals surface area contributed by atoms with E-state index in [-0.39, 0.29) is 18.1 Å². The maximum Gasteiger partial charge on any atom is 0.258 e. The Labute approximate surface area is 211 Å². The molecule has 34 heavy (non-hydrogen) atoms. The van der Waals surface area contributed by atoms with Crippen molar-refractivity contribution in [1.82, 2.24) is 10.1 Å². The van der Waals surface area contributed by atoms with Gasteiger partial charge in [0.15, 0.2) is 11.5 Å². The van der Waals surface area contributed by atoms with Crippen LogP contribution < -0.4 is 19.6 Å². The lowest BCUT2D eigenvalue weighted by molar-refractivity contribution is -0.122. The van der Waals surface area contributed by atoms with E-state index in [0.717, 1.165) is 20.3 Å². The first-order chi connectivity index (χ1) is 16.3. The van der Waals surface area contributed by atoms with Crippen molar-refractivity contribution < 1.29 is 22.7 Å². The van der Waals surface area contributed by atoms with Crippen molar-refractivity contribution in [3.63, 3.8) is 0 Å². The number of hydrogen-bond acceptors (Lipinski definition) is 6. The number of carbonyl (C=O) groups is 1. The second-order valence-electron chi connectivity index (χ2n) is 7.61. The smallest absolute Gasteiger partial charge is 0.258 e. The van der Waals surface area contributed by atoms with Crippen LogP contribution in [0, 0.1) is 10.5 Å². The molecule has 0 fully saturated rings. The predicted molar refractivity (Wildman–Crippen MR) is 136 cm³/mol. The van der Waals surface area contributed by atoms with Crippen LogP contribution in [0.5, 0.6) is 11.5 Å². The van der Waals surface area contributed by atoms with Gasteiger partial charge in [0.25, 0.3) is 5.91 Å². The Hall–Kier alpha value is -2.96. The van der Waals surface area contributed by atoms with Crippen LogP contribution in [0.3, 0.4) is 0 Å². The number of benzene rings is 3. The molecule has 0 aliphatic carbocycles. The first-order valence-electron chi connectivity index (χ1n) is 10.4. The number of fused-ring (bicyclic) bond motifs is 1. The summed E-state index contributed by atoms with van der Waals surface area (Å²) in [5, 5.41) is 4.05. The standard InChI is InChI=1S/C24H22IN3O5S/c1-16-11-22-23(33-15-32-22)13-18(16)14-26-27-24(29)21(12-17-5-3-2-4-6-17)28-34(30,31)20-9-7-19(25)8-10-20/h2-11,13-14,21,28H,12,15H2,1H3,(H,27,29)/b26-14-/t21-/m1/s1. The first kappa shape index (κ1) is 24.2. The fourth-order valence-corrected chi connectivity index (χ4v) is 4.90. The number of carbonyl (C=O) groups excluding carboxylic acids is 1. The van der Waals surface area contributed by atoms with Crippen LogP contribution in [-0.2, 0) is 21.2 Å². The molecule has 1 heterocycles. The van der Waals surface area contributed by atoms with E-state index >= 15 is 0 Å². The molecule has 1 amide bonds. The molecular formula is C24H22IN3O5S. The van der Waals surface area contributed by atoms with E-state index in [2.05, 4.69) is 37.8 Å². The molecule has 0 aromatic heterocycles. The van der Waals surface area contributed by atoms with Gasteiger partial charge >= 0.3 is 0 Å². The Morgan fingerprint density at radius 2 is 1.76 bits per heavy atom. The van der Waals surface area contributed by atoms with Gasteiger partial charge in [-0.05, 0) is 83.5 Å². The van der Waals surface area contributed by atoms with Gasteiger partial charge < -0.3 is 9.47 Å². The van der Waals surface area contributed by atoms with Crippen molar-refractivity contribution in [1.29, 1.82) is 0 Å². The molecule has 0 saturated carbocycles. The van der Waals surface area contributed by atoms with Crippen LogP contribution >= 0.6 is 22.6 Å². The molecule has 3 aromatic carbocycles. The molecule has 0 radical (unpaired) electrons. The summed E-state index contributed by atoms with van der Waals surface area (Å²) < 4.78 is 40.0. The number of nitrogens with zero attached hydrogens (tertiary/aromatic N) is 1. The normalized spacial score (nSPS) is 13.7. The molecule has 0 unspecified atom stereocenters. The molecule has 2 N–H and O–H groups in total. The third kappa shape index (κ3) is 5.93. The highest BCUT2D eigenvalue weighted by molar-refractivity contribution is 14.1. The molecule has 1 aliphatic heterocycles. The summed E-state index contributed by atoms with van der Waals surface area (Å²) in [6.07, 6.45) is 1.65. The second-order valence-corrected chi connectivity index (χ2v) is 10.6. The van der Waals surface area contributed by atoms with E-state index in [9.17, 15) is 13.2 Å². The summed E-state index contributed by atoms with van der Waals surface area (Å²) in [7, 11) is -3.93. The highest BCUT2D eigenvalue weighted by Crippen LogP contribution is 2.34. The number of amides is 1. The summed E-state index contributed by atoms with van der Waals surface area (Å²) in [4.78, 5) is 13.1. The molecule has 0 bridgehead atoms. The number of sulfonamides is 1. The van der Waals surface area contributed by atoms with E-state index < -0.39 is 22.0 Å². The Morgan fingerprint density at radius 3 is 2.47 bits per heavy atom. The third-order valence-corrected chi connectivity index (χ3v) is 7.37. The SMILES string of the molecule is Cc1cc2c(cc1/C=N\NC(=O)[C@@H](Cc1ccccc1)NS(=O)(=O)c1ccc(I)cc1)OCO2. The minimum atomic E-state index is -3.93. The Kier molecular flexibility index (Phi) is 7.49. The molecule has 1 atom stereocenters. The summed E-state index contributed by atoms with van der Waals surface area (Å²) in [6, 6.07) is 18.1. The number of aryl methyl sites for hydroxylation is 1. The van der Waals surface area contributed by atoms with Gasteiger partial charge in [-0.15, -0.1) is 0 Å². The summed E-state index contributed by atoms with van der Waals surface area (Å²) in [5.41, 5.74) is 4.90. The lowest BCUT2D eigenvalue weighted by Gasteiger charge is -2.17. The van der Waals surface area contributed by atoms with Gasteiger partial charge in [-0.2, -0.15) is 9.82 Å². The summed E-state index contributed by atoms with van der Waals surface area (Å²) in [5.74, 6) is 0.685. The van der Waals surface area contributed by atoms with E-state index in [1.165, 1.54) is 18.3 Å². The highest BCUT2D eigenvalue weighted by Gasteiger charge is 2.26. The van der Waals surface area contributed by atoms with Gasteiger partial charge in [-0.25, -0.2) is 13.8 Å². The van der Waals surface area contributed by atoms with E-state index in [4.69, 9.17) is 9.47 Å².